The third-order valence-corrected chi connectivity index (χ3v) is 6.11. The molecule has 2 atom stereocenters. The van der Waals surface area contributed by atoms with Gasteiger partial charge in [0.05, 0.1) is 11.6 Å². The highest BCUT2D eigenvalue weighted by Crippen LogP contribution is 2.47. The van der Waals surface area contributed by atoms with Crippen molar-refractivity contribution in [1.82, 2.24) is 10.2 Å². The van der Waals surface area contributed by atoms with Crippen LogP contribution in [-0.2, 0) is 13.1 Å². The second-order valence-corrected chi connectivity index (χ2v) is 8.65. The van der Waals surface area contributed by atoms with Crippen molar-refractivity contribution >= 4 is 17.6 Å². The van der Waals surface area contributed by atoms with E-state index in [1.165, 1.54) is 6.42 Å². The molecule has 0 spiro atoms. The van der Waals surface area contributed by atoms with Gasteiger partial charge in [-0.25, -0.2) is 4.79 Å². The zero-order valence-corrected chi connectivity index (χ0v) is 17.2. The summed E-state index contributed by atoms with van der Waals surface area (Å²) in [6.07, 6.45) is 3.27. The van der Waals surface area contributed by atoms with Crippen LogP contribution < -0.4 is 14.8 Å². The fourth-order valence-electron chi connectivity index (χ4n) is 3.86. The average molecular weight is 417 g/mol. The Kier molecular flexibility index (Phi) is 4.82. The Labute approximate surface area is 175 Å². The summed E-state index contributed by atoms with van der Waals surface area (Å²) in [6, 6.07) is 7.95. The number of fused-ring (bicyclic) bond motifs is 1. The molecular weight excluding hydrogens is 392 g/mol. The van der Waals surface area contributed by atoms with Crippen LogP contribution in [-0.4, -0.2) is 30.2 Å². The fraction of sp³-hybridized carbons (Fsp3) is 0.500. The molecule has 1 aliphatic heterocycles. The Morgan fingerprint density at radius 2 is 2.03 bits per heavy atom. The molecule has 5 rings (SSSR count). The molecule has 0 saturated heterocycles. The maximum Gasteiger partial charge on any atom is 0.318 e. The Morgan fingerprint density at radius 1 is 1.24 bits per heavy atom. The van der Waals surface area contributed by atoms with Crippen LogP contribution in [0.15, 0.2) is 28.7 Å². The van der Waals surface area contributed by atoms with Gasteiger partial charge in [0.1, 0.15) is 24.7 Å². The molecule has 1 N–H and O–H groups in total. The lowest BCUT2D eigenvalue weighted by Gasteiger charge is -2.23. The fourth-order valence-corrected chi connectivity index (χ4v) is 4.15. The average Bonchev–Trinajstić information content (AvgIpc) is 3.64. The number of hydrogen-bond donors (Lipinski definition) is 1. The van der Waals surface area contributed by atoms with E-state index in [0.717, 1.165) is 29.9 Å². The summed E-state index contributed by atoms with van der Waals surface area (Å²) >= 11 is 6.30. The van der Waals surface area contributed by atoms with Crippen molar-refractivity contribution in [2.75, 3.05) is 13.2 Å². The molecule has 6 nitrogen and oxygen atoms in total. The maximum absolute atomic E-state index is 12.9. The highest BCUT2D eigenvalue weighted by atomic mass is 35.5. The normalized spacial score (nSPS) is 22.3. The second-order valence-electron chi connectivity index (χ2n) is 8.24. The smallest absolute Gasteiger partial charge is 0.318 e. The van der Waals surface area contributed by atoms with E-state index in [-0.39, 0.29) is 12.1 Å². The number of carbonyl (C=O) groups is 1. The Balaban J connectivity index is 1.23. The molecule has 2 amide bonds. The predicted molar refractivity (Wildman–Crippen MR) is 108 cm³/mol. The van der Waals surface area contributed by atoms with Crippen molar-refractivity contribution in [2.24, 2.45) is 5.92 Å². The van der Waals surface area contributed by atoms with E-state index in [9.17, 15) is 4.79 Å². The van der Waals surface area contributed by atoms with E-state index < -0.39 is 0 Å². The third-order valence-electron chi connectivity index (χ3n) is 5.83. The molecular formula is C22H25ClN2O4. The van der Waals surface area contributed by atoms with E-state index in [4.69, 9.17) is 25.5 Å². The summed E-state index contributed by atoms with van der Waals surface area (Å²) < 4.78 is 17.2. The molecule has 7 heteroatoms. The van der Waals surface area contributed by atoms with Crippen molar-refractivity contribution in [3.63, 3.8) is 0 Å². The van der Waals surface area contributed by atoms with Crippen molar-refractivity contribution < 1.29 is 18.7 Å². The molecule has 2 heterocycles. The molecule has 2 unspecified atom stereocenters. The molecule has 2 fully saturated rings. The minimum Gasteiger partial charge on any atom is -0.486 e. The Bertz CT molecular complexity index is 924. The van der Waals surface area contributed by atoms with Gasteiger partial charge in [0.25, 0.3) is 0 Å². The van der Waals surface area contributed by atoms with Gasteiger partial charge in [-0.3, -0.25) is 0 Å². The van der Waals surface area contributed by atoms with E-state index in [1.54, 1.807) is 0 Å². The highest BCUT2D eigenvalue weighted by molar-refractivity contribution is 6.32. The van der Waals surface area contributed by atoms with Crippen LogP contribution in [0.2, 0.25) is 5.02 Å². The number of amides is 2. The van der Waals surface area contributed by atoms with Gasteiger partial charge >= 0.3 is 6.03 Å². The van der Waals surface area contributed by atoms with Crippen LogP contribution in [0, 0.1) is 5.92 Å². The van der Waals surface area contributed by atoms with Crippen LogP contribution in [0.5, 0.6) is 11.5 Å². The second kappa shape index (κ2) is 7.48. The lowest BCUT2D eigenvalue weighted by molar-refractivity contribution is 0.171. The summed E-state index contributed by atoms with van der Waals surface area (Å²) in [6.45, 7) is 4.11. The van der Waals surface area contributed by atoms with Crippen LogP contribution >= 0.6 is 11.6 Å². The highest BCUT2D eigenvalue weighted by Gasteiger charge is 2.37. The summed E-state index contributed by atoms with van der Waals surface area (Å²) in [7, 11) is 0. The molecule has 0 radical (unpaired) electrons. The monoisotopic (exact) mass is 416 g/mol. The number of rotatable bonds is 6. The van der Waals surface area contributed by atoms with Crippen LogP contribution in [0.25, 0.3) is 0 Å². The minimum atomic E-state index is -0.0868. The first-order valence-electron chi connectivity index (χ1n) is 10.3. The zero-order valence-electron chi connectivity index (χ0n) is 16.4. The molecule has 154 valence electrons. The van der Waals surface area contributed by atoms with Crippen molar-refractivity contribution in [3.05, 3.63) is 46.4 Å². The predicted octanol–water partition coefficient (Wildman–Crippen LogP) is 4.70. The van der Waals surface area contributed by atoms with Gasteiger partial charge in [-0.1, -0.05) is 18.5 Å². The SMILES string of the molecule is CC1CC1c1ccc(CN(C(=O)NCc2cc(Cl)c3c(c2)OCCO3)C2CC2)o1. The molecule has 2 aliphatic carbocycles. The van der Waals surface area contributed by atoms with Crippen molar-refractivity contribution in [3.8, 4) is 11.5 Å². The van der Waals surface area contributed by atoms with Crippen molar-refractivity contribution in [1.29, 1.82) is 0 Å². The molecule has 0 bridgehead atoms. The van der Waals surface area contributed by atoms with Crippen LogP contribution in [0.1, 0.15) is 49.2 Å². The van der Waals surface area contributed by atoms with E-state index in [0.29, 0.717) is 54.7 Å². The lowest BCUT2D eigenvalue weighted by atomic mass is 10.2. The number of carbonyl (C=O) groups excluding carboxylic acids is 1. The van der Waals surface area contributed by atoms with Gasteiger partial charge in [-0.05, 0) is 55.0 Å². The molecule has 2 saturated carbocycles. The maximum atomic E-state index is 12.9. The quantitative estimate of drug-likeness (QED) is 0.741. The van der Waals surface area contributed by atoms with E-state index in [2.05, 4.69) is 18.3 Å². The van der Waals surface area contributed by atoms with Crippen molar-refractivity contribution in [2.45, 2.75) is 51.2 Å². The van der Waals surface area contributed by atoms with Gasteiger partial charge in [0, 0.05) is 18.5 Å². The topological polar surface area (TPSA) is 63.9 Å². The van der Waals surface area contributed by atoms with E-state index >= 15 is 0 Å². The molecule has 1 aromatic heterocycles. The number of furan rings is 1. The summed E-state index contributed by atoms with van der Waals surface area (Å²) in [4.78, 5) is 14.7. The number of urea groups is 1. The molecule has 3 aliphatic rings. The first kappa shape index (κ1) is 18.7. The van der Waals surface area contributed by atoms with Gasteiger partial charge < -0.3 is 24.1 Å². The van der Waals surface area contributed by atoms with Gasteiger partial charge in [-0.2, -0.15) is 0 Å². The summed E-state index contributed by atoms with van der Waals surface area (Å²) in [5.41, 5.74) is 0.881. The number of hydrogen-bond acceptors (Lipinski definition) is 4. The van der Waals surface area contributed by atoms with Gasteiger partial charge in [0.15, 0.2) is 11.5 Å². The first-order chi connectivity index (χ1) is 14.1. The summed E-state index contributed by atoms with van der Waals surface area (Å²) in [5.74, 6) is 4.36. The number of ether oxygens (including phenoxy) is 2. The zero-order chi connectivity index (χ0) is 20.0. The number of halogens is 1. The van der Waals surface area contributed by atoms with Gasteiger partial charge in [-0.15, -0.1) is 0 Å². The van der Waals surface area contributed by atoms with E-state index in [1.807, 2.05) is 23.1 Å². The molecule has 2 aromatic rings. The number of nitrogens with one attached hydrogen (secondary N) is 1. The Morgan fingerprint density at radius 3 is 2.79 bits per heavy atom. The lowest BCUT2D eigenvalue weighted by Crippen LogP contribution is -2.40. The number of nitrogens with zero attached hydrogens (tertiary/aromatic N) is 1. The van der Waals surface area contributed by atoms with Crippen LogP contribution in [0.4, 0.5) is 4.79 Å². The molecule has 1 aromatic carbocycles. The van der Waals surface area contributed by atoms with Gasteiger partial charge in [0.2, 0.25) is 0 Å². The standard InChI is InChI=1S/C22H25ClN2O4/c1-13-8-17(13)19-5-4-16(29-19)12-25(15-2-3-15)22(26)24-11-14-9-18(23)21-20(10-14)27-6-7-28-21/h4-5,9-10,13,15,17H,2-3,6-8,11-12H2,1H3,(H,24,26). The summed E-state index contributed by atoms with van der Waals surface area (Å²) in [5, 5.41) is 3.52. The Hall–Kier alpha value is -2.34. The molecule has 29 heavy (non-hydrogen) atoms. The largest absolute Gasteiger partial charge is 0.486 e. The third kappa shape index (κ3) is 4.04. The van der Waals surface area contributed by atoms with Crippen LogP contribution in [0.3, 0.4) is 0 Å². The minimum absolute atomic E-state index is 0.0868. The number of benzene rings is 1. The first-order valence-corrected chi connectivity index (χ1v) is 10.7.